The Morgan fingerprint density at radius 2 is 1.67 bits per heavy atom. The van der Waals surface area contributed by atoms with E-state index in [-0.39, 0.29) is 6.61 Å². The maximum absolute atomic E-state index is 10.5. The van der Waals surface area contributed by atoms with Crippen LogP contribution in [0.2, 0.25) is 0 Å². The zero-order valence-electron chi connectivity index (χ0n) is 11.4. The van der Waals surface area contributed by atoms with Gasteiger partial charge in [0, 0.05) is 0 Å². The first-order valence-electron chi connectivity index (χ1n) is 6.56. The van der Waals surface area contributed by atoms with Crippen LogP contribution >= 0.6 is 0 Å². The van der Waals surface area contributed by atoms with E-state index < -0.39 is 12.0 Å². The molecule has 3 N–H and O–H groups in total. The molecule has 0 bridgehead atoms. The molecule has 2 rings (SSSR count). The number of carbonyl (C=O) groups is 1. The summed E-state index contributed by atoms with van der Waals surface area (Å²) in [5, 5.41) is 8.60. The van der Waals surface area contributed by atoms with Crippen molar-refractivity contribution >= 4 is 5.97 Å². The lowest BCUT2D eigenvalue weighted by Gasteiger charge is -2.08. The summed E-state index contributed by atoms with van der Waals surface area (Å²) in [6.45, 7) is -0.207. The summed E-state index contributed by atoms with van der Waals surface area (Å²) in [7, 11) is 0. The fraction of sp³-hybridized carbons (Fsp3) is 0.188. The summed E-state index contributed by atoms with van der Waals surface area (Å²) in [5.74, 6) is -0.624. The van der Waals surface area contributed by atoms with Gasteiger partial charge in [0.2, 0.25) is 0 Å². The van der Waals surface area contributed by atoms with E-state index in [1.54, 1.807) is 12.1 Å². The molecule has 0 unspecified atom stereocenters. The van der Waals surface area contributed by atoms with E-state index in [1.165, 1.54) is 5.56 Å². The van der Waals surface area contributed by atoms with E-state index in [0.29, 0.717) is 5.75 Å². The second-order valence-electron chi connectivity index (χ2n) is 4.62. The number of carboxylic acids is 1. The van der Waals surface area contributed by atoms with Crippen molar-refractivity contribution < 1.29 is 19.7 Å². The summed E-state index contributed by atoms with van der Waals surface area (Å²) >= 11 is 0. The fourth-order valence-corrected chi connectivity index (χ4v) is 1.74. The van der Waals surface area contributed by atoms with Gasteiger partial charge >= 0.3 is 5.97 Å². The molecule has 0 aliphatic rings. The van der Waals surface area contributed by atoms with Crippen LogP contribution in [-0.4, -0.2) is 23.7 Å². The highest BCUT2D eigenvalue weighted by molar-refractivity contribution is 5.73. The minimum Gasteiger partial charge on any atom is -0.480 e. The topological polar surface area (TPSA) is 81.8 Å². The molecular formula is C16H17NO4. The largest absolute Gasteiger partial charge is 0.480 e. The number of hydrogen-bond donors (Lipinski definition) is 2. The Kier molecular flexibility index (Phi) is 5.31. The van der Waals surface area contributed by atoms with Crippen molar-refractivity contribution in [2.45, 2.75) is 12.5 Å². The molecule has 0 amide bonds. The molecule has 1 atom stereocenters. The Bertz CT molecular complexity index is 569. The van der Waals surface area contributed by atoms with Crippen molar-refractivity contribution in [2.75, 3.05) is 6.61 Å². The molecule has 0 heterocycles. The highest BCUT2D eigenvalue weighted by atomic mass is 17.2. The molecule has 0 aliphatic heterocycles. The van der Waals surface area contributed by atoms with Gasteiger partial charge in [-0.05, 0) is 29.7 Å². The summed E-state index contributed by atoms with van der Waals surface area (Å²) in [6, 6.07) is 16.4. The number of nitrogens with two attached hydrogens (primary N) is 1. The fourth-order valence-electron chi connectivity index (χ4n) is 1.74. The molecule has 0 spiro atoms. The quantitative estimate of drug-likeness (QED) is 0.601. The van der Waals surface area contributed by atoms with E-state index in [1.807, 2.05) is 30.3 Å². The zero-order valence-corrected chi connectivity index (χ0v) is 11.4. The van der Waals surface area contributed by atoms with Crippen LogP contribution in [0, 0.1) is 0 Å². The molecule has 2 aromatic rings. The van der Waals surface area contributed by atoms with Crippen molar-refractivity contribution in [3.8, 4) is 5.75 Å². The van der Waals surface area contributed by atoms with Gasteiger partial charge in [-0.2, -0.15) is 4.89 Å². The zero-order chi connectivity index (χ0) is 15.1. The third kappa shape index (κ3) is 4.91. The maximum atomic E-state index is 10.5. The SMILES string of the molecule is N[C@@H](COOc1ccc(Cc2ccccc2)cc1)C(=O)O. The lowest BCUT2D eigenvalue weighted by molar-refractivity contribution is -0.211. The van der Waals surface area contributed by atoms with E-state index in [9.17, 15) is 4.79 Å². The molecule has 0 aromatic heterocycles. The van der Waals surface area contributed by atoms with E-state index in [2.05, 4.69) is 12.1 Å². The van der Waals surface area contributed by atoms with Crippen molar-refractivity contribution in [1.29, 1.82) is 0 Å². The highest BCUT2D eigenvalue weighted by Gasteiger charge is 2.12. The van der Waals surface area contributed by atoms with Crippen molar-refractivity contribution in [2.24, 2.45) is 5.73 Å². The Morgan fingerprint density at radius 1 is 1.05 bits per heavy atom. The average Bonchev–Trinajstić information content (AvgIpc) is 2.50. The molecule has 0 saturated heterocycles. The molecule has 21 heavy (non-hydrogen) atoms. The van der Waals surface area contributed by atoms with Crippen LogP contribution in [0.1, 0.15) is 11.1 Å². The van der Waals surface area contributed by atoms with Gasteiger partial charge in [0.05, 0.1) is 0 Å². The summed E-state index contributed by atoms with van der Waals surface area (Å²) in [6.07, 6.45) is 0.839. The summed E-state index contributed by atoms with van der Waals surface area (Å²) in [5.41, 5.74) is 7.67. The smallest absolute Gasteiger partial charge is 0.323 e. The maximum Gasteiger partial charge on any atom is 0.323 e. The molecule has 5 heteroatoms. The lowest BCUT2D eigenvalue weighted by Crippen LogP contribution is -2.35. The lowest BCUT2D eigenvalue weighted by atomic mass is 10.1. The number of hydrogen-bond acceptors (Lipinski definition) is 4. The predicted molar refractivity (Wildman–Crippen MR) is 77.9 cm³/mol. The number of rotatable bonds is 7. The van der Waals surface area contributed by atoms with Crippen LogP contribution in [0.25, 0.3) is 0 Å². The number of benzene rings is 2. The minimum atomic E-state index is -1.13. The molecule has 0 fully saturated rings. The van der Waals surface area contributed by atoms with E-state index in [0.717, 1.165) is 12.0 Å². The molecule has 110 valence electrons. The molecular weight excluding hydrogens is 270 g/mol. The highest BCUT2D eigenvalue weighted by Crippen LogP contribution is 2.15. The van der Waals surface area contributed by atoms with Crippen LogP contribution in [-0.2, 0) is 16.1 Å². The monoisotopic (exact) mass is 287 g/mol. The van der Waals surface area contributed by atoms with Crippen molar-refractivity contribution in [1.82, 2.24) is 0 Å². The molecule has 0 radical (unpaired) electrons. The van der Waals surface area contributed by atoms with Gasteiger partial charge in [-0.3, -0.25) is 4.79 Å². The standard InChI is InChI=1S/C16H17NO4/c17-15(16(18)19)11-20-21-14-8-6-13(7-9-14)10-12-4-2-1-3-5-12/h1-9,15H,10-11,17H2,(H,18,19)/t15-/m0/s1. The van der Waals surface area contributed by atoms with Gasteiger partial charge in [0.15, 0.2) is 5.75 Å². The van der Waals surface area contributed by atoms with Crippen LogP contribution in [0.15, 0.2) is 54.6 Å². The van der Waals surface area contributed by atoms with Crippen LogP contribution < -0.4 is 10.6 Å². The summed E-state index contributed by atoms with van der Waals surface area (Å²) < 4.78 is 0. The van der Waals surface area contributed by atoms with E-state index >= 15 is 0 Å². The van der Waals surface area contributed by atoms with Crippen LogP contribution in [0.3, 0.4) is 0 Å². The van der Waals surface area contributed by atoms with Gasteiger partial charge in [0.25, 0.3) is 0 Å². The van der Waals surface area contributed by atoms with Gasteiger partial charge < -0.3 is 15.7 Å². The van der Waals surface area contributed by atoms with Gasteiger partial charge in [-0.1, -0.05) is 42.5 Å². The summed E-state index contributed by atoms with van der Waals surface area (Å²) in [4.78, 5) is 20.3. The third-order valence-electron chi connectivity index (χ3n) is 2.89. The Hall–Kier alpha value is -2.37. The first-order valence-corrected chi connectivity index (χ1v) is 6.56. The second-order valence-corrected chi connectivity index (χ2v) is 4.62. The average molecular weight is 287 g/mol. The molecule has 0 saturated carbocycles. The minimum absolute atomic E-state index is 0.207. The molecule has 0 aliphatic carbocycles. The number of aliphatic carboxylic acids is 1. The van der Waals surface area contributed by atoms with Crippen LogP contribution in [0.4, 0.5) is 0 Å². The number of carboxylic acid groups (broad SMARTS) is 1. The predicted octanol–water partition coefficient (Wildman–Crippen LogP) is 2.00. The van der Waals surface area contributed by atoms with E-state index in [4.69, 9.17) is 20.6 Å². The normalized spacial score (nSPS) is 11.9. The van der Waals surface area contributed by atoms with Gasteiger partial charge in [0.1, 0.15) is 12.6 Å². The Labute approximate surface area is 122 Å². The van der Waals surface area contributed by atoms with Gasteiger partial charge in [-0.15, -0.1) is 0 Å². The van der Waals surface area contributed by atoms with Crippen LogP contribution in [0.5, 0.6) is 5.75 Å². The first-order chi connectivity index (χ1) is 10.1. The molecule has 2 aromatic carbocycles. The Morgan fingerprint density at radius 3 is 2.29 bits per heavy atom. The van der Waals surface area contributed by atoms with Crippen molar-refractivity contribution in [3.05, 3.63) is 65.7 Å². The third-order valence-corrected chi connectivity index (χ3v) is 2.89. The second kappa shape index (κ2) is 7.42. The van der Waals surface area contributed by atoms with Gasteiger partial charge in [-0.25, -0.2) is 0 Å². The first kappa shape index (κ1) is 15.0. The Balaban J connectivity index is 1.83. The molecule has 5 nitrogen and oxygen atoms in total. The van der Waals surface area contributed by atoms with Crippen molar-refractivity contribution in [3.63, 3.8) is 0 Å².